The van der Waals surface area contributed by atoms with Crippen molar-refractivity contribution in [3.8, 4) is 10.7 Å². The summed E-state index contributed by atoms with van der Waals surface area (Å²) < 4.78 is 44.3. The van der Waals surface area contributed by atoms with Crippen molar-refractivity contribution in [2.45, 2.75) is 12.1 Å². The molecule has 1 aromatic carbocycles. The van der Waals surface area contributed by atoms with Gasteiger partial charge >= 0.3 is 6.18 Å². The smallest absolute Gasteiger partial charge is 0.339 e. The average Bonchev–Trinajstić information content (AvgIpc) is 3.28. The Morgan fingerprint density at radius 3 is 2.75 bits per heavy atom. The van der Waals surface area contributed by atoms with E-state index in [9.17, 15) is 18.0 Å². The zero-order chi connectivity index (χ0) is 19.7. The molecule has 1 aliphatic rings. The van der Waals surface area contributed by atoms with E-state index in [1.165, 1.54) is 29.5 Å². The number of hydrogen-bond acceptors (Lipinski definition) is 6. The van der Waals surface area contributed by atoms with Gasteiger partial charge in [0.05, 0.1) is 28.6 Å². The predicted octanol–water partition coefficient (Wildman–Crippen LogP) is 3.85. The van der Waals surface area contributed by atoms with E-state index in [-0.39, 0.29) is 18.2 Å². The van der Waals surface area contributed by atoms with Gasteiger partial charge in [-0.25, -0.2) is 0 Å². The molecule has 10 heteroatoms. The van der Waals surface area contributed by atoms with Crippen LogP contribution in [0, 0.1) is 0 Å². The summed E-state index contributed by atoms with van der Waals surface area (Å²) >= 11 is 1.51. The fourth-order valence-electron chi connectivity index (χ4n) is 2.99. The van der Waals surface area contributed by atoms with E-state index in [1.807, 2.05) is 22.4 Å². The Labute approximate surface area is 162 Å². The number of amides is 1. The molecule has 1 saturated heterocycles. The maximum absolute atomic E-state index is 13.0. The molecule has 1 fully saturated rings. The topological polar surface area (TPSA) is 71.3 Å². The number of thiophene rings is 1. The van der Waals surface area contributed by atoms with Crippen LogP contribution in [0.5, 0.6) is 0 Å². The van der Waals surface area contributed by atoms with Gasteiger partial charge in [0, 0.05) is 13.1 Å². The highest BCUT2D eigenvalue weighted by atomic mass is 32.1. The van der Waals surface area contributed by atoms with Gasteiger partial charge in [-0.15, -0.1) is 11.3 Å². The van der Waals surface area contributed by atoms with Gasteiger partial charge in [-0.05, 0) is 23.6 Å². The summed E-state index contributed by atoms with van der Waals surface area (Å²) in [5, 5.41) is 8.22. The van der Waals surface area contributed by atoms with Crippen LogP contribution in [0.1, 0.15) is 17.4 Å². The van der Waals surface area contributed by atoms with Gasteiger partial charge < -0.3 is 9.84 Å². The van der Waals surface area contributed by atoms with Crippen molar-refractivity contribution in [2.24, 2.45) is 0 Å². The molecule has 1 aliphatic heterocycles. The number of hydrogen-bond donors (Lipinski definition) is 1. The first-order valence-electron chi connectivity index (χ1n) is 8.46. The van der Waals surface area contributed by atoms with Crippen molar-refractivity contribution in [2.75, 3.05) is 25.0 Å². The van der Waals surface area contributed by atoms with Crippen molar-refractivity contribution in [1.29, 1.82) is 0 Å². The van der Waals surface area contributed by atoms with Gasteiger partial charge in [-0.1, -0.05) is 23.4 Å². The molecule has 3 aromatic rings. The Morgan fingerprint density at radius 2 is 2.04 bits per heavy atom. The lowest BCUT2D eigenvalue weighted by molar-refractivity contribution is -0.137. The fraction of sp³-hybridized carbons (Fsp3) is 0.278. The third-order valence-electron chi connectivity index (χ3n) is 4.36. The van der Waals surface area contributed by atoms with Crippen LogP contribution in [0.25, 0.3) is 10.7 Å². The summed E-state index contributed by atoms with van der Waals surface area (Å²) in [4.78, 5) is 19.2. The summed E-state index contributed by atoms with van der Waals surface area (Å²) in [6.45, 7) is 1.05. The van der Waals surface area contributed by atoms with Crippen molar-refractivity contribution in [1.82, 2.24) is 15.0 Å². The number of nitrogens with zero attached hydrogens (tertiary/aromatic N) is 3. The second kappa shape index (κ2) is 7.36. The summed E-state index contributed by atoms with van der Waals surface area (Å²) in [6.07, 6.45) is -4.52. The third kappa shape index (κ3) is 3.92. The summed E-state index contributed by atoms with van der Waals surface area (Å²) in [5.74, 6) is 0.545. The number of carbonyl (C=O) groups is 1. The highest BCUT2D eigenvalue weighted by Crippen LogP contribution is 2.34. The van der Waals surface area contributed by atoms with Crippen LogP contribution < -0.4 is 5.32 Å². The molecular weight excluding hydrogens is 393 g/mol. The van der Waals surface area contributed by atoms with E-state index >= 15 is 0 Å². The molecule has 0 bridgehead atoms. The molecule has 28 heavy (non-hydrogen) atoms. The Morgan fingerprint density at radius 1 is 1.25 bits per heavy atom. The van der Waals surface area contributed by atoms with Gasteiger partial charge in [0.1, 0.15) is 0 Å². The van der Waals surface area contributed by atoms with Gasteiger partial charge in [-0.2, -0.15) is 18.2 Å². The molecule has 3 heterocycles. The van der Waals surface area contributed by atoms with Gasteiger partial charge in [0.15, 0.2) is 0 Å². The van der Waals surface area contributed by atoms with Gasteiger partial charge in [-0.3, -0.25) is 9.69 Å². The molecule has 146 valence electrons. The standard InChI is InChI=1S/C18H15F3N4O2S/c19-18(20,21)12-4-1-2-5-13(12)22-15(26)10-25-8-11(9-25)17-23-16(24-27-17)14-6-3-7-28-14/h1-7,11H,8-10H2,(H,22,26). The second-order valence-corrected chi connectivity index (χ2v) is 7.36. The van der Waals surface area contributed by atoms with Crippen LogP contribution in [0.2, 0.25) is 0 Å². The van der Waals surface area contributed by atoms with Crippen molar-refractivity contribution >= 4 is 22.9 Å². The molecule has 0 atom stereocenters. The monoisotopic (exact) mass is 408 g/mol. The number of aromatic nitrogens is 2. The molecule has 0 unspecified atom stereocenters. The lowest BCUT2D eigenvalue weighted by Gasteiger charge is -2.36. The Balaban J connectivity index is 1.31. The minimum atomic E-state index is -4.52. The zero-order valence-corrected chi connectivity index (χ0v) is 15.3. The molecular formula is C18H15F3N4O2S. The lowest BCUT2D eigenvalue weighted by Crippen LogP contribution is -2.48. The second-order valence-electron chi connectivity index (χ2n) is 6.42. The molecule has 0 radical (unpaired) electrons. The number of rotatable bonds is 5. The number of benzene rings is 1. The van der Waals surface area contributed by atoms with E-state index in [2.05, 4.69) is 15.5 Å². The first kappa shape index (κ1) is 18.6. The number of halogens is 3. The lowest BCUT2D eigenvalue weighted by atomic mass is 10.0. The third-order valence-corrected chi connectivity index (χ3v) is 5.23. The SMILES string of the molecule is O=C(CN1CC(c2nc(-c3cccs3)no2)C1)Nc1ccccc1C(F)(F)F. The molecule has 2 aromatic heterocycles. The van der Waals surface area contributed by atoms with Crippen LogP contribution in [0.4, 0.5) is 18.9 Å². The number of anilines is 1. The number of nitrogens with one attached hydrogen (secondary N) is 1. The zero-order valence-electron chi connectivity index (χ0n) is 14.4. The van der Waals surface area contributed by atoms with Crippen LogP contribution in [0.3, 0.4) is 0 Å². The average molecular weight is 408 g/mol. The van der Waals surface area contributed by atoms with E-state index in [0.29, 0.717) is 24.8 Å². The minimum absolute atomic E-state index is 0.00535. The van der Waals surface area contributed by atoms with Crippen LogP contribution in [0.15, 0.2) is 46.3 Å². The van der Waals surface area contributed by atoms with Crippen LogP contribution in [-0.2, 0) is 11.0 Å². The normalized spacial score (nSPS) is 15.4. The van der Waals surface area contributed by atoms with E-state index in [4.69, 9.17) is 4.52 Å². The fourth-order valence-corrected chi connectivity index (χ4v) is 3.64. The number of likely N-dealkylation sites (tertiary alicyclic amines) is 1. The molecule has 0 aliphatic carbocycles. The quantitative estimate of drug-likeness (QED) is 0.694. The molecule has 6 nitrogen and oxygen atoms in total. The maximum Gasteiger partial charge on any atom is 0.418 e. The summed E-state index contributed by atoms with van der Waals surface area (Å²) in [5.41, 5.74) is -1.11. The molecule has 0 saturated carbocycles. The largest absolute Gasteiger partial charge is 0.418 e. The first-order chi connectivity index (χ1) is 13.4. The molecule has 4 rings (SSSR count). The maximum atomic E-state index is 13.0. The van der Waals surface area contributed by atoms with Crippen molar-refractivity contribution in [3.63, 3.8) is 0 Å². The predicted molar refractivity (Wildman–Crippen MR) is 96.9 cm³/mol. The van der Waals surface area contributed by atoms with Crippen LogP contribution >= 0.6 is 11.3 Å². The van der Waals surface area contributed by atoms with Crippen molar-refractivity contribution < 1.29 is 22.5 Å². The number of carbonyl (C=O) groups excluding carboxylic acids is 1. The van der Waals surface area contributed by atoms with Gasteiger partial charge in [0.2, 0.25) is 17.6 Å². The van der Waals surface area contributed by atoms with E-state index in [0.717, 1.165) is 10.9 Å². The molecule has 1 N–H and O–H groups in total. The van der Waals surface area contributed by atoms with E-state index < -0.39 is 17.6 Å². The van der Waals surface area contributed by atoms with Crippen LogP contribution in [-0.4, -0.2) is 40.6 Å². The van der Waals surface area contributed by atoms with Gasteiger partial charge in [0.25, 0.3) is 0 Å². The molecule has 1 amide bonds. The highest BCUT2D eigenvalue weighted by Gasteiger charge is 2.35. The van der Waals surface area contributed by atoms with Crippen molar-refractivity contribution in [3.05, 3.63) is 53.2 Å². The van der Waals surface area contributed by atoms with E-state index in [1.54, 1.807) is 0 Å². The highest BCUT2D eigenvalue weighted by molar-refractivity contribution is 7.13. The number of para-hydroxylation sites is 1. The Bertz CT molecular complexity index is 965. The first-order valence-corrected chi connectivity index (χ1v) is 9.34. The summed E-state index contributed by atoms with van der Waals surface area (Å²) in [6, 6.07) is 8.71. The Kier molecular flexibility index (Phi) is 4.90. The number of alkyl halides is 3. The Hall–Kier alpha value is -2.72. The molecule has 0 spiro atoms. The summed E-state index contributed by atoms with van der Waals surface area (Å²) in [7, 11) is 0. The minimum Gasteiger partial charge on any atom is -0.339 e.